The molecule has 1 fully saturated rings. The van der Waals surface area contributed by atoms with Gasteiger partial charge in [-0.3, -0.25) is 9.69 Å². The van der Waals surface area contributed by atoms with Crippen LogP contribution in [0.15, 0.2) is 0 Å². The number of nitrogens with zero attached hydrogens (tertiary/aromatic N) is 2. The van der Waals surface area contributed by atoms with Gasteiger partial charge in [-0.1, -0.05) is 0 Å². The molecule has 0 aromatic rings. The van der Waals surface area contributed by atoms with Gasteiger partial charge in [-0.2, -0.15) is 5.26 Å². The number of rotatable bonds is 5. The van der Waals surface area contributed by atoms with Gasteiger partial charge >= 0.3 is 0 Å². The largest absolute Gasteiger partial charge is 0.383 e. The number of hydrogen-bond acceptors (Lipinski definition) is 4. The van der Waals surface area contributed by atoms with Crippen molar-refractivity contribution < 1.29 is 9.53 Å². The lowest BCUT2D eigenvalue weighted by Gasteiger charge is -2.30. The van der Waals surface area contributed by atoms with Crippen molar-refractivity contribution in [3.63, 3.8) is 0 Å². The van der Waals surface area contributed by atoms with Gasteiger partial charge in [0.2, 0.25) is 5.91 Å². The Kier molecular flexibility index (Phi) is 5.95. The van der Waals surface area contributed by atoms with Crippen molar-refractivity contribution in [2.45, 2.75) is 38.3 Å². The van der Waals surface area contributed by atoms with Crippen LogP contribution in [0.25, 0.3) is 0 Å². The maximum Gasteiger partial charge on any atom is 0.234 e. The van der Waals surface area contributed by atoms with Gasteiger partial charge in [0.25, 0.3) is 0 Å². The van der Waals surface area contributed by atoms with Crippen LogP contribution in [-0.4, -0.2) is 49.7 Å². The van der Waals surface area contributed by atoms with Gasteiger partial charge in [-0.25, -0.2) is 0 Å². The lowest BCUT2D eigenvalue weighted by Crippen LogP contribution is -2.47. The van der Waals surface area contributed by atoms with Crippen LogP contribution in [0.4, 0.5) is 0 Å². The van der Waals surface area contributed by atoms with Gasteiger partial charge in [0.15, 0.2) is 0 Å². The summed E-state index contributed by atoms with van der Waals surface area (Å²) >= 11 is 0. The third-order valence-electron chi connectivity index (χ3n) is 2.93. The Hall–Kier alpha value is -1.12. The molecule has 0 aromatic carbocycles. The van der Waals surface area contributed by atoms with Gasteiger partial charge in [-0.05, 0) is 32.7 Å². The zero-order valence-electron chi connectivity index (χ0n) is 10.6. The number of likely N-dealkylation sites (tertiary alicyclic amines) is 1. The lowest BCUT2D eigenvalue weighted by atomic mass is 10.0. The third kappa shape index (κ3) is 4.72. The van der Waals surface area contributed by atoms with E-state index in [9.17, 15) is 4.79 Å². The van der Waals surface area contributed by atoms with Gasteiger partial charge < -0.3 is 10.1 Å². The molecular formula is C12H21N3O2. The van der Waals surface area contributed by atoms with E-state index >= 15 is 0 Å². The summed E-state index contributed by atoms with van der Waals surface area (Å²) in [6, 6.07) is 2.17. The first-order valence-corrected chi connectivity index (χ1v) is 6.09. The molecule has 2 atom stereocenters. The second kappa shape index (κ2) is 7.25. The van der Waals surface area contributed by atoms with Crippen molar-refractivity contribution in [3.05, 3.63) is 0 Å². The van der Waals surface area contributed by atoms with Crippen molar-refractivity contribution in [1.82, 2.24) is 10.2 Å². The predicted octanol–water partition coefficient (Wildman–Crippen LogP) is 0.516. The van der Waals surface area contributed by atoms with Gasteiger partial charge in [-0.15, -0.1) is 0 Å². The number of piperidine rings is 1. The fourth-order valence-corrected chi connectivity index (χ4v) is 2.12. The summed E-state index contributed by atoms with van der Waals surface area (Å²) in [5.41, 5.74) is 0. The summed E-state index contributed by atoms with van der Waals surface area (Å²) in [6.07, 6.45) is 3.02. The number of carbonyl (C=O) groups is 1. The molecule has 1 heterocycles. The predicted molar refractivity (Wildman–Crippen MR) is 64.3 cm³/mol. The molecule has 1 saturated heterocycles. The van der Waals surface area contributed by atoms with Crippen LogP contribution in [0.5, 0.6) is 0 Å². The summed E-state index contributed by atoms with van der Waals surface area (Å²) in [5, 5.41) is 11.9. The van der Waals surface area contributed by atoms with E-state index in [2.05, 4.69) is 11.4 Å². The molecule has 96 valence electrons. The van der Waals surface area contributed by atoms with Gasteiger partial charge in [0.05, 0.1) is 25.3 Å². The van der Waals surface area contributed by atoms with E-state index in [1.807, 2.05) is 11.8 Å². The topological polar surface area (TPSA) is 65.4 Å². The first kappa shape index (κ1) is 13.9. The van der Waals surface area contributed by atoms with Crippen LogP contribution in [0.3, 0.4) is 0 Å². The minimum absolute atomic E-state index is 0.0119. The van der Waals surface area contributed by atoms with E-state index in [-0.39, 0.29) is 18.0 Å². The second-order valence-electron chi connectivity index (χ2n) is 4.54. The molecule has 1 rings (SSSR count). The fourth-order valence-electron chi connectivity index (χ4n) is 2.12. The number of amides is 1. The molecule has 1 aliphatic rings. The Morgan fingerprint density at radius 2 is 2.41 bits per heavy atom. The first-order chi connectivity index (χ1) is 8.17. The van der Waals surface area contributed by atoms with E-state index in [0.717, 1.165) is 25.8 Å². The molecule has 17 heavy (non-hydrogen) atoms. The number of methoxy groups -OCH3 is 1. The van der Waals surface area contributed by atoms with Crippen LogP contribution >= 0.6 is 0 Å². The van der Waals surface area contributed by atoms with Crippen molar-refractivity contribution in [2.75, 3.05) is 26.8 Å². The Morgan fingerprint density at radius 1 is 1.65 bits per heavy atom. The highest BCUT2D eigenvalue weighted by atomic mass is 16.5. The molecule has 0 aromatic heterocycles. The van der Waals surface area contributed by atoms with Crippen molar-refractivity contribution in [2.24, 2.45) is 0 Å². The van der Waals surface area contributed by atoms with Crippen molar-refractivity contribution in [1.29, 1.82) is 5.26 Å². The molecule has 0 bridgehead atoms. The monoisotopic (exact) mass is 239 g/mol. The SMILES string of the molecule is COCC(C)NC(=O)CN1CCCCC1C#N. The van der Waals surface area contributed by atoms with Crippen molar-refractivity contribution >= 4 is 5.91 Å². The average Bonchev–Trinajstić information content (AvgIpc) is 2.29. The molecule has 0 saturated carbocycles. The lowest BCUT2D eigenvalue weighted by molar-refractivity contribution is -0.123. The molecule has 5 nitrogen and oxygen atoms in total. The number of nitriles is 1. The van der Waals surface area contributed by atoms with E-state index in [4.69, 9.17) is 10.00 Å². The normalized spacial score (nSPS) is 22.8. The zero-order chi connectivity index (χ0) is 12.7. The highest BCUT2D eigenvalue weighted by Crippen LogP contribution is 2.15. The summed E-state index contributed by atoms with van der Waals surface area (Å²) < 4.78 is 4.96. The Morgan fingerprint density at radius 3 is 3.06 bits per heavy atom. The molecular weight excluding hydrogens is 218 g/mol. The van der Waals surface area contributed by atoms with Crippen LogP contribution in [0.1, 0.15) is 26.2 Å². The van der Waals surface area contributed by atoms with Crippen LogP contribution in [-0.2, 0) is 9.53 Å². The van der Waals surface area contributed by atoms with E-state index in [1.165, 1.54) is 0 Å². The molecule has 0 spiro atoms. The highest BCUT2D eigenvalue weighted by Gasteiger charge is 2.24. The van der Waals surface area contributed by atoms with Gasteiger partial charge in [0, 0.05) is 13.2 Å². The Balaban J connectivity index is 2.36. The Labute approximate surface area is 103 Å². The quantitative estimate of drug-likeness (QED) is 0.759. The van der Waals surface area contributed by atoms with Gasteiger partial charge in [0.1, 0.15) is 0 Å². The third-order valence-corrected chi connectivity index (χ3v) is 2.93. The van der Waals surface area contributed by atoms with Crippen LogP contribution in [0, 0.1) is 11.3 Å². The van der Waals surface area contributed by atoms with Crippen LogP contribution < -0.4 is 5.32 Å². The molecule has 1 aliphatic heterocycles. The minimum Gasteiger partial charge on any atom is -0.383 e. The highest BCUT2D eigenvalue weighted by molar-refractivity contribution is 5.78. The van der Waals surface area contributed by atoms with Crippen LogP contribution in [0.2, 0.25) is 0 Å². The van der Waals surface area contributed by atoms with Crippen molar-refractivity contribution in [3.8, 4) is 6.07 Å². The summed E-state index contributed by atoms with van der Waals surface area (Å²) in [7, 11) is 1.61. The molecule has 0 radical (unpaired) electrons. The summed E-state index contributed by atoms with van der Waals surface area (Å²) in [5.74, 6) is -0.0308. The number of hydrogen-bond donors (Lipinski definition) is 1. The number of ether oxygens (including phenoxy) is 1. The molecule has 2 unspecified atom stereocenters. The first-order valence-electron chi connectivity index (χ1n) is 6.09. The average molecular weight is 239 g/mol. The standard InChI is InChI=1S/C12H21N3O2/c1-10(9-17-2)14-12(16)8-15-6-4-3-5-11(15)7-13/h10-11H,3-6,8-9H2,1-2H3,(H,14,16). The smallest absolute Gasteiger partial charge is 0.234 e. The van der Waals surface area contributed by atoms with E-state index < -0.39 is 0 Å². The summed E-state index contributed by atoms with van der Waals surface area (Å²) in [6.45, 7) is 3.56. The zero-order valence-corrected chi connectivity index (χ0v) is 10.6. The number of nitrogens with one attached hydrogen (secondary N) is 1. The van der Waals surface area contributed by atoms with E-state index in [1.54, 1.807) is 7.11 Å². The molecule has 1 N–H and O–H groups in total. The fraction of sp³-hybridized carbons (Fsp3) is 0.833. The maximum absolute atomic E-state index is 11.7. The molecule has 5 heteroatoms. The summed E-state index contributed by atoms with van der Waals surface area (Å²) in [4.78, 5) is 13.7. The second-order valence-corrected chi connectivity index (χ2v) is 4.54. The molecule has 1 amide bonds. The molecule has 0 aliphatic carbocycles. The minimum atomic E-state index is -0.104. The number of carbonyl (C=O) groups excluding carboxylic acids is 1. The maximum atomic E-state index is 11.7. The van der Waals surface area contributed by atoms with E-state index in [0.29, 0.717) is 13.2 Å². The Bertz CT molecular complexity index is 288.